The number of hydrogen-bond acceptors (Lipinski definition) is 4. The number of aryl methyl sites for hydroxylation is 1. The molecular formula is C42H47IrN3OSi-2. The van der Waals surface area contributed by atoms with E-state index in [2.05, 4.69) is 107 Å². The molecule has 0 atom stereocenters. The van der Waals surface area contributed by atoms with E-state index in [0.717, 1.165) is 51.0 Å². The number of benzene rings is 2. The number of rotatable bonds is 5. The molecule has 251 valence electrons. The van der Waals surface area contributed by atoms with Crippen molar-refractivity contribution in [3.63, 3.8) is 0 Å². The fourth-order valence-electron chi connectivity index (χ4n) is 6.72. The van der Waals surface area contributed by atoms with Gasteiger partial charge >= 0.3 is 0 Å². The van der Waals surface area contributed by atoms with E-state index in [1.165, 1.54) is 54.1 Å². The minimum absolute atomic E-state index is 0. The van der Waals surface area contributed by atoms with Gasteiger partial charge < -0.3 is 14.4 Å². The zero-order chi connectivity index (χ0) is 33.2. The summed E-state index contributed by atoms with van der Waals surface area (Å²) in [7, 11) is -1.37. The smallest absolute Gasteiger partial charge is 0.216 e. The quantitative estimate of drug-likeness (QED) is 0.128. The van der Waals surface area contributed by atoms with E-state index in [1.807, 2.05) is 36.5 Å². The molecule has 48 heavy (non-hydrogen) atoms. The summed E-state index contributed by atoms with van der Waals surface area (Å²) >= 11 is 0. The van der Waals surface area contributed by atoms with E-state index in [4.69, 9.17) is 14.4 Å². The van der Waals surface area contributed by atoms with Crippen LogP contribution in [-0.4, -0.2) is 23.0 Å². The van der Waals surface area contributed by atoms with Crippen LogP contribution in [-0.2, 0) is 26.5 Å². The fraction of sp³-hybridized carbons (Fsp3) is 0.357. The van der Waals surface area contributed by atoms with Gasteiger partial charge in [0.05, 0.1) is 13.7 Å². The molecule has 0 saturated heterocycles. The molecule has 1 saturated carbocycles. The third kappa shape index (κ3) is 8.40. The zero-order valence-electron chi connectivity index (χ0n) is 29.4. The summed E-state index contributed by atoms with van der Waals surface area (Å²) in [6.07, 6.45) is 11.5. The second kappa shape index (κ2) is 15.0. The van der Waals surface area contributed by atoms with Crippen LogP contribution in [0.5, 0.6) is 0 Å². The molecule has 0 bridgehead atoms. The Balaban J connectivity index is 0.000000189. The summed E-state index contributed by atoms with van der Waals surface area (Å²) in [5, 5.41) is 3.64. The van der Waals surface area contributed by atoms with E-state index in [9.17, 15) is 0 Å². The van der Waals surface area contributed by atoms with Crippen molar-refractivity contribution in [2.45, 2.75) is 91.8 Å². The predicted molar refractivity (Wildman–Crippen MR) is 199 cm³/mol. The summed E-state index contributed by atoms with van der Waals surface area (Å²) in [6.45, 7) is 16.2. The summed E-state index contributed by atoms with van der Waals surface area (Å²) in [5.41, 5.74) is 9.57. The minimum atomic E-state index is -1.37. The summed E-state index contributed by atoms with van der Waals surface area (Å²) in [5.74, 6) is 0.575. The summed E-state index contributed by atoms with van der Waals surface area (Å²) < 4.78 is 6.23. The van der Waals surface area contributed by atoms with Crippen molar-refractivity contribution in [1.29, 1.82) is 0 Å². The van der Waals surface area contributed by atoms with Crippen molar-refractivity contribution in [2.24, 2.45) is 5.41 Å². The maximum absolute atomic E-state index is 6.23. The molecule has 0 spiro atoms. The van der Waals surface area contributed by atoms with Gasteiger partial charge in [0.1, 0.15) is 0 Å². The Morgan fingerprint density at radius 3 is 2.33 bits per heavy atom. The van der Waals surface area contributed by atoms with E-state index >= 15 is 0 Å². The van der Waals surface area contributed by atoms with Gasteiger partial charge in [-0.1, -0.05) is 93.9 Å². The number of pyridine rings is 3. The number of hydrogen-bond donors (Lipinski definition) is 0. The Hall–Kier alpha value is -3.44. The number of furan rings is 1. The van der Waals surface area contributed by atoms with Gasteiger partial charge in [-0.05, 0) is 66.4 Å². The third-order valence-corrected chi connectivity index (χ3v) is 11.1. The first kappa shape index (κ1) is 35.9. The van der Waals surface area contributed by atoms with Crippen molar-refractivity contribution < 1.29 is 24.5 Å². The first-order chi connectivity index (χ1) is 22.5. The Morgan fingerprint density at radius 1 is 0.854 bits per heavy atom. The van der Waals surface area contributed by atoms with Crippen molar-refractivity contribution in [3.8, 4) is 22.5 Å². The first-order valence-electron chi connectivity index (χ1n) is 17.1. The van der Waals surface area contributed by atoms with Gasteiger partial charge in [0.2, 0.25) is 5.71 Å². The molecule has 1 aliphatic carbocycles. The van der Waals surface area contributed by atoms with Gasteiger partial charge in [0.25, 0.3) is 0 Å². The molecule has 1 aliphatic rings. The maximum atomic E-state index is 6.23. The van der Waals surface area contributed by atoms with Gasteiger partial charge in [0.15, 0.2) is 0 Å². The predicted octanol–water partition coefficient (Wildman–Crippen LogP) is 10.9. The van der Waals surface area contributed by atoms with Gasteiger partial charge in [0, 0.05) is 49.5 Å². The maximum Gasteiger partial charge on any atom is 0.216 e. The Kier molecular flexibility index (Phi) is 11.2. The van der Waals surface area contributed by atoms with Crippen LogP contribution in [0.1, 0.15) is 75.6 Å². The van der Waals surface area contributed by atoms with E-state index in [1.54, 1.807) is 0 Å². The number of aromatic nitrogens is 3. The number of nitrogens with zero attached hydrogens (tertiary/aromatic N) is 3. The monoisotopic (exact) mass is 830 g/mol. The van der Waals surface area contributed by atoms with E-state index in [0.29, 0.717) is 5.92 Å². The second-order valence-corrected chi connectivity index (χ2v) is 20.4. The van der Waals surface area contributed by atoms with Crippen LogP contribution in [0.2, 0.25) is 19.6 Å². The molecule has 0 aliphatic heterocycles. The molecule has 2 aromatic carbocycles. The van der Waals surface area contributed by atoms with Gasteiger partial charge in [-0.15, -0.1) is 54.1 Å². The molecular weight excluding hydrogens is 783 g/mol. The standard InChI is InChI=1S/C23H21N2O.C19H26NSi.Ir/c1-15-12-13-24-21(14-15)19-9-5-8-17-18-10-11-20(16-6-3-2-4-7-16)25-23(18)26-22(17)19;1-19(2,3)13-16-12-17(15-10-8-7-9-11-15)20-14-18(16)21(4,5)6;/h5,8,10-14,16H,2-4,6-7H2,1H3;7-10,12,14H,13H2,1-6H3;/q2*-1;. The van der Waals surface area contributed by atoms with Crippen LogP contribution in [0.15, 0.2) is 83.5 Å². The molecule has 6 heteroatoms. The van der Waals surface area contributed by atoms with Crippen molar-refractivity contribution >= 4 is 35.3 Å². The molecule has 0 amide bonds. The Morgan fingerprint density at radius 2 is 1.65 bits per heavy atom. The number of fused-ring (bicyclic) bond motifs is 3. The molecule has 4 nitrogen and oxygen atoms in total. The molecule has 0 N–H and O–H groups in total. The van der Waals surface area contributed by atoms with Crippen LogP contribution in [0.4, 0.5) is 0 Å². The molecule has 7 rings (SSSR count). The first-order valence-corrected chi connectivity index (χ1v) is 20.6. The van der Waals surface area contributed by atoms with Gasteiger partial charge in [-0.2, -0.15) is 0 Å². The SMILES string of the molecule is CC(C)(C)Cc1cc(-c2[c-]cccc2)ncc1[Si](C)(C)C.Cc1ccnc(-c2[c-]ccc3c2oc2nc(C4CCCCC4)ccc23)c1.[Ir]. The molecule has 4 heterocycles. The minimum Gasteiger partial charge on any atom is -0.486 e. The summed E-state index contributed by atoms with van der Waals surface area (Å²) in [6, 6.07) is 29.4. The topological polar surface area (TPSA) is 51.8 Å². The zero-order valence-corrected chi connectivity index (χ0v) is 32.8. The van der Waals surface area contributed by atoms with Crippen LogP contribution < -0.4 is 5.19 Å². The van der Waals surface area contributed by atoms with Crippen LogP contribution in [0.3, 0.4) is 0 Å². The molecule has 1 radical (unpaired) electrons. The molecule has 6 aromatic rings. The second-order valence-electron chi connectivity index (χ2n) is 15.3. The largest absolute Gasteiger partial charge is 0.486 e. The van der Waals surface area contributed by atoms with E-state index in [-0.39, 0.29) is 25.5 Å². The van der Waals surface area contributed by atoms with E-state index < -0.39 is 8.07 Å². The molecule has 4 aromatic heterocycles. The van der Waals surface area contributed by atoms with Crippen LogP contribution in [0.25, 0.3) is 44.6 Å². The third-order valence-electron chi connectivity index (χ3n) is 9.02. The average Bonchev–Trinajstić information content (AvgIpc) is 3.43. The van der Waals surface area contributed by atoms with Gasteiger partial charge in [-0.3, -0.25) is 0 Å². The van der Waals surface area contributed by atoms with Crippen molar-refractivity contribution in [3.05, 3.63) is 108 Å². The Labute approximate surface area is 301 Å². The summed E-state index contributed by atoms with van der Waals surface area (Å²) in [4.78, 5) is 14.1. The van der Waals surface area contributed by atoms with Crippen molar-refractivity contribution in [1.82, 2.24) is 15.0 Å². The fourth-order valence-corrected chi connectivity index (χ4v) is 8.29. The molecule has 0 unspecified atom stereocenters. The molecule has 1 fully saturated rings. The normalized spacial score (nSPS) is 14.0. The average molecular weight is 830 g/mol. The Bertz CT molecular complexity index is 1980. The van der Waals surface area contributed by atoms with Crippen LogP contribution in [0, 0.1) is 24.5 Å². The van der Waals surface area contributed by atoms with Gasteiger partial charge in [-0.25, -0.2) is 4.98 Å². The van der Waals surface area contributed by atoms with Crippen LogP contribution >= 0.6 is 0 Å². The van der Waals surface area contributed by atoms with Crippen molar-refractivity contribution in [2.75, 3.05) is 0 Å².